The van der Waals surface area contributed by atoms with Crippen molar-refractivity contribution < 1.29 is 5.11 Å². The van der Waals surface area contributed by atoms with Gasteiger partial charge in [-0.05, 0) is 48.1 Å². The molecule has 0 radical (unpaired) electrons. The highest BCUT2D eigenvalue weighted by Crippen LogP contribution is 2.52. The first-order valence-corrected chi connectivity index (χ1v) is 5.60. The highest BCUT2D eigenvalue weighted by atomic mass is 16.3. The van der Waals surface area contributed by atoms with Gasteiger partial charge in [0, 0.05) is 6.61 Å². The molecule has 2 aliphatic carbocycles. The van der Waals surface area contributed by atoms with Gasteiger partial charge < -0.3 is 5.11 Å². The van der Waals surface area contributed by atoms with Crippen LogP contribution in [0.2, 0.25) is 0 Å². The summed E-state index contributed by atoms with van der Waals surface area (Å²) in [5.74, 6) is 2.05. The Morgan fingerprint density at radius 1 is 1.14 bits per heavy atom. The molecule has 2 unspecified atom stereocenters. The van der Waals surface area contributed by atoms with Crippen molar-refractivity contribution in [2.75, 3.05) is 6.61 Å². The van der Waals surface area contributed by atoms with Crippen LogP contribution in [0, 0.1) is 5.92 Å². The number of benzene rings is 1. The second kappa shape index (κ2) is 3.09. The molecular formula is C13H16O. The maximum absolute atomic E-state index is 9.08. The first kappa shape index (κ1) is 8.49. The van der Waals surface area contributed by atoms with E-state index < -0.39 is 0 Å². The van der Waals surface area contributed by atoms with E-state index in [-0.39, 0.29) is 0 Å². The molecule has 14 heavy (non-hydrogen) atoms. The average Bonchev–Trinajstić information content (AvgIpc) is 3.11. The summed E-state index contributed by atoms with van der Waals surface area (Å²) in [7, 11) is 0. The first-order valence-electron chi connectivity index (χ1n) is 5.60. The first-order chi connectivity index (χ1) is 6.90. The Kier molecular flexibility index (Phi) is 1.88. The van der Waals surface area contributed by atoms with E-state index in [1.807, 2.05) is 0 Å². The lowest BCUT2D eigenvalue weighted by Gasteiger charge is -2.07. The van der Waals surface area contributed by atoms with E-state index in [0.717, 1.165) is 5.92 Å². The maximum atomic E-state index is 9.08. The molecule has 74 valence electrons. The zero-order chi connectivity index (χ0) is 9.54. The van der Waals surface area contributed by atoms with Crippen LogP contribution in [0.1, 0.15) is 42.2 Å². The van der Waals surface area contributed by atoms with Gasteiger partial charge in [0.15, 0.2) is 0 Å². The van der Waals surface area contributed by atoms with Gasteiger partial charge in [0.1, 0.15) is 0 Å². The SMILES string of the molecule is OCC1CC1c1ccccc1C1CC1. The molecule has 0 heterocycles. The van der Waals surface area contributed by atoms with Crippen LogP contribution >= 0.6 is 0 Å². The van der Waals surface area contributed by atoms with Crippen molar-refractivity contribution in [3.8, 4) is 0 Å². The maximum Gasteiger partial charge on any atom is 0.0465 e. The van der Waals surface area contributed by atoms with Crippen LogP contribution in [0.4, 0.5) is 0 Å². The average molecular weight is 188 g/mol. The Morgan fingerprint density at radius 2 is 1.86 bits per heavy atom. The van der Waals surface area contributed by atoms with Crippen LogP contribution in [0.15, 0.2) is 24.3 Å². The van der Waals surface area contributed by atoms with Gasteiger partial charge in [-0.15, -0.1) is 0 Å². The zero-order valence-corrected chi connectivity index (χ0v) is 8.32. The van der Waals surface area contributed by atoms with E-state index in [0.29, 0.717) is 18.4 Å². The fraction of sp³-hybridized carbons (Fsp3) is 0.538. The van der Waals surface area contributed by atoms with Gasteiger partial charge in [-0.3, -0.25) is 0 Å². The molecule has 0 amide bonds. The predicted molar refractivity (Wildman–Crippen MR) is 56.4 cm³/mol. The lowest BCUT2D eigenvalue weighted by Crippen LogP contribution is -1.93. The standard InChI is InChI=1S/C13H16O/c14-8-10-7-13(10)12-4-2-1-3-11(12)9-5-6-9/h1-4,9-10,13-14H,5-8H2. The van der Waals surface area contributed by atoms with Gasteiger partial charge >= 0.3 is 0 Å². The second-order valence-electron chi connectivity index (χ2n) is 4.69. The second-order valence-corrected chi connectivity index (χ2v) is 4.69. The summed E-state index contributed by atoms with van der Waals surface area (Å²) in [5, 5.41) is 9.08. The molecule has 1 heteroatoms. The summed E-state index contributed by atoms with van der Waals surface area (Å²) in [6.45, 7) is 0.365. The molecule has 0 aliphatic heterocycles. The van der Waals surface area contributed by atoms with Crippen LogP contribution in [0.5, 0.6) is 0 Å². The minimum absolute atomic E-state index is 0.365. The Bertz CT molecular complexity index is 341. The van der Waals surface area contributed by atoms with Crippen LogP contribution in [0.3, 0.4) is 0 Å². The van der Waals surface area contributed by atoms with Crippen molar-refractivity contribution in [2.24, 2.45) is 5.92 Å². The van der Waals surface area contributed by atoms with Gasteiger partial charge in [-0.2, -0.15) is 0 Å². The molecule has 3 rings (SSSR count). The number of aliphatic hydroxyl groups is 1. The topological polar surface area (TPSA) is 20.2 Å². The number of hydrogen-bond donors (Lipinski definition) is 1. The Hall–Kier alpha value is -0.820. The largest absolute Gasteiger partial charge is 0.396 e. The van der Waals surface area contributed by atoms with Crippen LogP contribution < -0.4 is 0 Å². The molecule has 1 aromatic carbocycles. The molecular weight excluding hydrogens is 172 g/mol. The van der Waals surface area contributed by atoms with E-state index >= 15 is 0 Å². The van der Waals surface area contributed by atoms with E-state index in [9.17, 15) is 0 Å². The van der Waals surface area contributed by atoms with Gasteiger partial charge in [0.05, 0.1) is 0 Å². The molecule has 1 nitrogen and oxygen atoms in total. The Labute approximate surface area is 84.8 Å². The quantitative estimate of drug-likeness (QED) is 0.773. The third kappa shape index (κ3) is 1.36. The van der Waals surface area contributed by atoms with Gasteiger partial charge in [-0.25, -0.2) is 0 Å². The summed E-state index contributed by atoms with van der Waals surface area (Å²) in [4.78, 5) is 0. The molecule has 1 aromatic rings. The van der Waals surface area contributed by atoms with Gasteiger partial charge in [-0.1, -0.05) is 24.3 Å². The highest BCUT2D eigenvalue weighted by molar-refractivity contribution is 5.38. The molecule has 2 saturated carbocycles. The van der Waals surface area contributed by atoms with Gasteiger partial charge in [0.25, 0.3) is 0 Å². The highest BCUT2D eigenvalue weighted by Gasteiger charge is 2.40. The predicted octanol–water partition coefficient (Wildman–Crippen LogP) is 2.66. The van der Waals surface area contributed by atoms with Crippen molar-refractivity contribution in [2.45, 2.75) is 31.1 Å². The van der Waals surface area contributed by atoms with Crippen molar-refractivity contribution in [3.63, 3.8) is 0 Å². The normalized spacial score (nSPS) is 30.4. The van der Waals surface area contributed by atoms with E-state index in [1.165, 1.54) is 24.8 Å². The molecule has 2 fully saturated rings. The monoisotopic (exact) mass is 188 g/mol. The van der Waals surface area contributed by atoms with Gasteiger partial charge in [0.2, 0.25) is 0 Å². The van der Waals surface area contributed by atoms with Crippen LogP contribution in [-0.4, -0.2) is 11.7 Å². The molecule has 0 saturated heterocycles. The zero-order valence-electron chi connectivity index (χ0n) is 8.32. The molecule has 2 atom stereocenters. The number of aliphatic hydroxyl groups excluding tert-OH is 1. The van der Waals surface area contributed by atoms with E-state index in [1.54, 1.807) is 5.56 Å². The minimum atomic E-state index is 0.365. The molecule has 1 N–H and O–H groups in total. The Morgan fingerprint density at radius 3 is 2.43 bits per heavy atom. The van der Waals surface area contributed by atoms with Crippen molar-refractivity contribution in [3.05, 3.63) is 35.4 Å². The molecule has 2 aliphatic rings. The van der Waals surface area contributed by atoms with E-state index in [4.69, 9.17) is 5.11 Å². The van der Waals surface area contributed by atoms with Crippen molar-refractivity contribution >= 4 is 0 Å². The fourth-order valence-electron chi connectivity index (χ4n) is 2.44. The smallest absolute Gasteiger partial charge is 0.0465 e. The van der Waals surface area contributed by atoms with Crippen LogP contribution in [0.25, 0.3) is 0 Å². The lowest BCUT2D eigenvalue weighted by molar-refractivity contribution is 0.274. The third-order valence-electron chi connectivity index (χ3n) is 3.57. The summed E-state index contributed by atoms with van der Waals surface area (Å²) in [6, 6.07) is 8.81. The lowest BCUT2D eigenvalue weighted by atomic mass is 9.99. The third-order valence-corrected chi connectivity index (χ3v) is 3.57. The molecule has 0 spiro atoms. The Balaban J connectivity index is 1.89. The molecule has 0 bridgehead atoms. The minimum Gasteiger partial charge on any atom is -0.396 e. The van der Waals surface area contributed by atoms with Crippen LogP contribution in [-0.2, 0) is 0 Å². The molecule has 0 aromatic heterocycles. The number of hydrogen-bond acceptors (Lipinski definition) is 1. The summed E-state index contributed by atoms with van der Waals surface area (Å²) < 4.78 is 0. The summed E-state index contributed by atoms with van der Waals surface area (Å²) in [5.41, 5.74) is 3.09. The summed E-state index contributed by atoms with van der Waals surface area (Å²) >= 11 is 0. The number of rotatable bonds is 3. The van der Waals surface area contributed by atoms with Crippen molar-refractivity contribution in [1.82, 2.24) is 0 Å². The summed E-state index contributed by atoms with van der Waals surface area (Å²) in [6.07, 6.45) is 3.93. The van der Waals surface area contributed by atoms with E-state index in [2.05, 4.69) is 24.3 Å². The van der Waals surface area contributed by atoms with Crippen molar-refractivity contribution in [1.29, 1.82) is 0 Å². The fourth-order valence-corrected chi connectivity index (χ4v) is 2.44.